The lowest BCUT2D eigenvalue weighted by atomic mass is 10.0. The van der Waals surface area contributed by atoms with Gasteiger partial charge in [0, 0.05) is 0 Å². The van der Waals surface area contributed by atoms with Gasteiger partial charge in [-0.3, -0.25) is 0 Å². The van der Waals surface area contributed by atoms with Gasteiger partial charge in [-0.1, -0.05) is 37.4 Å². The predicted molar refractivity (Wildman–Crippen MR) is 79.8 cm³/mol. The van der Waals surface area contributed by atoms with Crippen molar-refractivity contribution in [3.63, 3.8) is 0 Å². The van der Waals surface area contributed by atoms with E-state index in [-0.39, 0.29) is 0 Å². The summed E-state index contributed by atoms with van der Waals surface area (Å²) in [7, 11) is 0. The van der Waals surface area contributed by atoms with Gasteiger partial charge in [0.05, 0.1) is 0 Å². The Morgan fingerprint density at radius 3 is 1.00 bits per heavy atom. The van der Waals surface area contributed by atoms with Gasteiger partial charge < -0.3 is 0 Å². The molecule has 0 aliphatic rings. The first-order valence-electron chi connectivity index (χ1n) is 6.27. The third-order valence-electron chi connectivity index (χ3n) is 3.73. The molecule has 0 atom stereocenters. The molecule has 0 spiro atoms. The highest BCUT2D eigenvalue weighted by atomic mass is 14.0. The molecule has 0 heterocycles. The van der Waals surface area contributed by atoms with Crippen LogP contribution in [-0.2, 0) is 0 Å². The Morgan fingerprint density at radius 2 is 0.778 bits per heavy atom. The fourth-order valence-corrected chi connectivity index (χ4v) is 2.32. The molecule has 0 N–H and O–H groups in total. The minimum absolute atomic E-state index is 1.14. The fraction of sp³-hybridized carbons (Fsp3) is 0.222. The summed E-state index contributed by atoms with van der Waals surface area (Å²) < 4.78 is 0. The average molecular weight is 236 g/mol. The molecule has 0 aliphatic heterocycles. The Bertz CT molecular complexity index is 667. The summed E-state index contributed by atoms with van der Waals surface area (Å²) >= 11 is 0. The first-order valence-corrected chi connectivity index (χ1v) is 6.27. The Kier molecular flexibility index (Phi) is 3.13. The van der Waals surface area contributed by atoms with E-state index in [4.69, 9.17) is 0 Å². The molecule has 0 aliphatic carbocycles. The first kappa shape index (κ1) is 12.6. The van der Waals surface area contributed by atoms with E-state index in [9.17, 15) is 0 Å². The number of benzene rings is 2. The minimum Gasteiger partial charge on any atom is -0.0912 e. The summed E-state index contributed by atoms with van der Waals surface area (Å²) in [6.07, 6.45) is 0. The molecular weight excluding hydrogens is 216 g/mol. The highest BCUT2D eigenvalue weighted by Gasteiger charge is 1.96. The third-order valence-corrected chi connectivity index (χ3v) is 3.73. The van der Waals surface area contributed by atoms with Gasteiger partial charge >= 0.3 is 0 Å². The van der Waals surface area contributed by atoms with E-state index in [1.807, 2.05) is 0 Å². The van der Waals surface area contributed by atoms with Crippen molar-refractivity contribution in [3.8, 4) is 0 Å². The molecule has 2 aromatic rings. The van der Waals surface area contributed by atoms with Crippen LogP contribution in [0.1, 0.15) is 22.3 Å². The molecule has 0 amide bonds. The van der Waals surface area contributed by atoms with Crippen LogP contribution in [0.25, 0.3) is 13.2 Å². The van der Waals surface area contributed by atoms with E-state index in [1.165, 1.54) is 32.7 Å². The van der Waals surface area contributed by atoms with Crippen LogP contribution in [0, 0.1) is 38.1 Å². The molecule has 2 aromatic carbocycles. The zero-order chi connectivity index (χ0) is 13.4. The Balaban J connectivity index is 3.01. The molecule has 0 saturated carbocycles. The maximum Gasteiger partial charge on any atom is -0.0178 e. The Labute approximate surface area is 109 Å². The summed E-state index contributed by atoms with van der Waals surface area (Å²) in [6, 6.07) is 8.86. The van der Waals surface area contributed by atoms with Crippen molar-refractivity contribution in [2.45, 2.75) is 27.7 Å². The van der Waals surface area contributed by atoms with Crippen LogP contribution in [-0.4, -0.2) is 0 Å². The van der Waals surface area contributed by atoms with Crippen molar-refractivity contribution in [1.29, 1.82) is 0 Å². The Morgan fingerprint density at radius 1 is 0.556 bits per heavy atom. The molecule has 0 radical (unpaired) electrons. The maximum atomic E-state index is 4.09. The van der Waals surface area contributed by atoms with Crippen LogP contribution < -0.4 is 10.4 Å². The van der Waals surface area contributed by atoms with Crippen LogP contribution in [0.4, 0.5) is 0 Å². The monoisotopic (exact) mass is 236 g/mol. The Hall–Kier alpha value is -1.82. The highest BCUT2D eigenvalue weighted by Crippen LogP contribution is 2.03. The smallest absolute Gasteiger partial charge is 0.0178 e. The van der Waals surface area contributed by atoms with Gasteiger partial charge in [-0.15, -0.1) is 0 Å². The second-order valence-electron chi connectivity index (χ2n) is 5.18. The average Bonchev–Trinajstić information content (AvgIpc) is 2.31. The molecular formula is C18H20. The van der Waals surface area contributed by atoms with Gasteiger partial charge in [-0.05, 0) is 70.8 Å². The third kappa shape index (κ3) is 2.11. The van der Waals surface area contributed by atoms with Crippen LogP contribution in [0.2, 0.25) is 0 Å². The van der Waals surface area contributed by atoms with Gasteiger partial charge in [0.15, 0.2) is 0 Å². The van der Waals surface area contributed by atoms with Crippen molar-refractivity contribution in [2.75, 3.05) is 0 Å². The van der Waals surface area contributed by atoms with E-state index in [0.29, 0.717) is 0 Å². The molecule has 0 saturated heterocycles. The SMILES string of the molecule is C=c1c(C)cc(=c2cc(C)c(=C)c(C)c2)cc1C. The van der Waals surface area contributed by atoms with E-state index in [2.05, 4.69) is 65.1 Å². The lowest BCUT2D eigenvalue weighted by Gasteiger charge is -2.02. The molecule has 0 bridgehead atoms. The number of hydrogen-bond acceptors (Lipinski definition) is 0. The summed E-state index contributed by atoms with van der Waals surface area (Å²) in [5.41, 5.74) is 5.00. The van der Waals surface area contributed by atoms with Gasteiger partial charge in [0.25, 0.3) is 0 Å². The molecule has 0 aromatic heterocycles. The van der Waals surface area contributed by atoms with E-state index >= 15 is 0 Å². The predicted octanol–water partition coefficient (Wildman–Crippen LogP) is 3.03. The largest absolute Gasteiger partial charge is 0.0912 e. The minimum atomic E-state index is 1.14. The summed E-state index contributed by atoms with van der Waals surface area (Å²) in [4.78, 5) is 0. The second-order valence-corrected chi connectivity index (χ2v) is 5.18. The molecule has 0 fully saturated rings. The lowest BCUT2D eigenvalue weighted by molar-refractivity contribution is 1.26. The van der Waals surface area contributed by atoms with Crippen LogP contribution >= 0.6 is 0 Å². The van der Waals surface area contributed by atoms with Crippen molar-refractivity contribution < 1.29 is 0 Å². The van der Waals surface area contributed by atoms with Crippen LogP contribution in [0.5, 0.6) is 0 Å². The van der Waals surface area contributed by atoms with E-state index in [0.717, 1.165) is 10.4 Å². The van der Waals surface area contributed by atoms with Gasteiger partial charge in [0.1, 0.15) is 0 Å². The van der Waals surface area contributed by atoms with E-state index < -0.39 is 0 Å². The van der Waals surface area contributed by atoms with Gasteiger partial charge in [0.2, 0.25) is 0 Å². The van der Waals surface area contributed by atoms with Gasteiger partial charge in [-0.2, -0.15) is 0 Å². The summed E-state index contributed by atoms with van der Waals surface area (Å²) in [5.74, 6) is 0. The van der Waals surface area contributed by atoms with E-state index in [1.54, 1.807) is 0 Å². The fourth-order valence-electron chi connectivity index (χ4n) is 2.32. The van der Waals surface area contributed by atoms with Crippen LogP contribution in [0.3, 0.4) is 0 Å². The zero-order valence-electron chi connectivity index (χ0n) is 11.7. The summed E-state index contributed by atoms with van der Waals surface area (Å²) in [6.45, 7) is 16.7. The normalized spacial score (nSPS) is 10.7. The van der Waals surface area contributed by atoms with Crippen LogP contribution in [0.15, 0.2) is 24.3 Å². The first-order chi connectivity index (χ1) is 8.40. The highest BCUT2D eigenvalue weighted by molar-refractivity contribution is 5.33. The van der Waals surface area contributed by atoms with Crippen molar-refractivity contribution in [3.05, 3.63) is 67.4 Å². The molecule has 2 rings (SSSR count). The molecule has 0 unspecified atom stereocenters. The molecule has 0 nitrogen and oxygen atoms in total. The quantitative estimate of drug-likeness (QED) is 0.659. The zero-order valence-corrected chi connectivity index (χ0v) is 11.7. The number of aryl methyl sites for hydroxylation is 4. The lowest BCUT2D eigenvalue weighted by Crippen LogP contribution is -2.09. The molecule has 92 valence electrons. The standard InChI is InChI=1S/C18H20/c1-11-7-17(8-12(2)15(11)5)18-9-13(3)16(6)14(4)10-18/h7-10H,5-6H2,1-4H3. The number of hydrogen-bond donors (Lipinski definition) is 0. The summed E-state index contributed by atoms with van der Waals surface area (Å²) in [5, 5.41) is 4.81. The van der Waals surface area contributed by atoms with Crippen molar-refractivity contribution >= 4 is 13.2 Å². The maximum absolute atomic E-state index is 4.09. The van der Waals surface area contributed by atoms with Gasteiger partial charge in [-0.25, -0.2) is 0 Å². The number of rotatable bonds is 0. The van der Waals surface area contributed by atoms with Crippen molar-refractivity contribution in [2.24, 2.45) is 0 Å². The van der Waals surface area contributed by atoms with Crippen molar-refractivity contribution in [1.82, 2.24) is 0 Å². The topological polar surface area (TPSA) is 0 Å². The molecule has 18 heavy (non-hydrogen) atoms. The molecule has 0 heteroatoms. The second kappa shape index (κ2) is 4.45.